The lowest BCUT2D eigenvalue weighted by molar-refractivity contribution is 1.09. The minimum atomic E-state index is 0.676. The summed E-state index contributed by atoms with van der Waals surface area (Å²) in [7, 11) is 0. The van der Waals surface area contributed by atoms with E-state index in [2.05, 4.69) is 18.3 Å². The van der Waals surface area contributed by atoms with Gasteiger partial charge >= 0.3 is 0 Å². The molecule has 1 heteroatoms. The largest absolute Gasteiger partial charge is 0.379 e. The Labute approximate surface area is 38.1 Å². The highest BCUT2D eigenvalue weighted by Crippen LogP contribution is 2.12. The van der Waals surface area contributed by atoms with Crippen molar-refractivity contribution in [3.63, 3.8) is 0 Å². The van der Waals surface area contributed by atoms with E-state index in [1.54, 1.807) is 0 Å². The second kappa shape index (κ2) is 1.00. The molecule has 0 bridgehead atoms. The molecule has 6 heavy (non-hydrogen) atoms. The Morgan fingerprint density at radius 2 is 2.33 bits per heavy atom. The Bertz CT molecular complexity index is 83.9. The molecular formula is C5H9N. The van der Waals surface area contributed by atoms with Crippen LogP contribution in [0.5, 0.6) is 0 Å². The van der Waals surface area contributed by atoms with Gasteiger partial charge in [0.2, 0.25) is 0 Å². The highest BCUT2D eigenvalue weighted by Gasteiger charge is 2.19. The molecule has 34 valence electrons. The van der Waals surface area contributed by atoms with Gasteiger partial charge < -0.3 is 5.32 Å². The Morgan fingerprint density at radius 1 is 1.83 bits per heavy atom. The molecule has 1 heterocycles. The molecule has 1 fully saturated rings. The van der Waals surface area contributed by atoms with E-state index in [1.807, 2.05) is 6.92 Å². The smallest absolute Gasteiger partial charge is 0.0626 e. The second-order valence-electron chi connectivity index (χ2n) is 1.61. The molecule has 1 saturated heterocycles. The van der Waals surface area contributed by atoms with Crippen molar-refractivity contribution in [2.75, 3.05) is 0 Å². The number of hydrogen-bond acceptors (Lipinski definition) is 1. The van der Waals surface area contributed by atoms with Crippen LogP contribution in [0, 0.1) is 0 Å². The zero-order valence-electron chi connectivity index (χ0n) is 4.15. The molecule has 0 saturated carbocycles. The van der Waals surface area contributed by atoms with Crippen LogP contribution in [0.1, 0.15) is 13.8 Å². The van der Waals surface area contributed by atoms with E-state index in [9.17, 15) is 0 Å². The second-order valence-corrected chi connectivity index (χ2v) is 1.61. The monoisotopic (exact) mass is 83.1 g/mol. The molecule has 0 amide bonds. The SMILES string of the molecule is C/C=C1\N[C@@H]1C. The minimum absolute atomic E-state index is 0.676. The Hall–Kier alpha value is -0.460. The summed E-state index contributed by atoms with van der Waals surface area (Å²) in [6, 6.07) is 0.676. The summed E-state index contributed by atoms with van der Waals surface area (Å²) in [4.78, 5) is 0. The number of allylic oxidation sites excluding steroid dienone is 1. The maximum Gasteiger partial charge on any atom is 0.0626 e. The van der Waals surface area contributed by atoms with Gasteiger partial charge in [-0.05, 0) is 13.8 Å². The van der Waals surface area contributed by atoms with Gasteiger partial charge in [0.25, 0.3) is 0 Å². The molecule has 1 N–H and O–H groups in total. The quantitative estimate of drug-likeness (QED) is 0.431. The minimum Gasteiger partial charge on any atom is -0.379 e. The van der Waals surface area contributed by atoms with Crippen molar-refractivity contribution in [2.24, 2.45) is 0 Å². The average Bonchev–Trinajstić information content (AvgIpc) is 2.19. The van der Waals surface area contributed by atoms with Gasteiger partial charge in [-0.2, -0.15) is 0 Å². The van der Waals surface area contributed by atoms with Crippen LogP contribution in [0.4, 0.5) is 0 Å². The first-order valence-corrected chi connectivity index (χ1v) is 2.27. The van der Waals surface area contributed by atoms with E-state index < -0.39 is 0 Å². The first kappa shape index (κ1) is 3.72. The Morgan fingerprint density at radius 3 is 2.33 bits per heavy atom. The zero-order chi connectivity index (χ0) is 4.57. The number of hydrogen-bond donors (Lipinski definition) is 1. The molecule has 1 atom stereocenters. The highest BCUT2D eigenvalue weighted by molar-refractivity contribution is 5.21. The van der Waals surface area contributed by atoms with Gasteiger partial charge in [-0.25, -0.2) is 0 Å². The molecule has 0 unspecified atom stereocenters. The summed E-state index contributed by atoms with van der Waals surface area (Å²) >= 11 is 0. The number of nitrogens with one attached hydrogen (secondary N) is 1. The summed E-state index contributed by atoms with van der Waals surface area (Å²) in [5, 5.41) is 3.14. The maximum atomic E-state index is 3.14. The molecule has 0 aliphatic carbocycles. The summed E-state index contributed by atoms with van der Waals surface area (Å²) in [5.74, 6) is 0. The molecule has 0 aromatic rings. The third kappa shape index (κ3) is 0.402. The summed E-state index contributed by atoms with van der Waals surface area (Å²) < 4.78 is 0. The predicted molar refractivity (Wildman–Crippen MR) is 26.4 cm³/mol. The van der Waals surface area contributed by atoms with Crippen LogP contribution < -0.4 is 5.32 Å². The molecular weight excluding hydrogens is 74.1 g/mol. The summed E-state index contributed by atoms with van der Waals surface area (Å²) in [6.45, 7) is 4.20. The van der Waals surface area contributed by atoms with Crippen LogP contribution in [0.2, 0.25) is 0 Å². The fraction of sp³-hybridized carbons (Fsp3) is 0.600. The molecule has 1 aliphatic rings. The van der Waals surface area contributed by atoms with E-state index in [-0.39, 0.29) is 0 Å². The lowest BCUT2D eigenvalue weighted by Gasteiger charge is -1.57. The Balaban J connectivity index is 2.44. The van der Waals surface area contributed by atoms with Crippen molar-refractivity contribution in [3.8, 4) is 0 Å². The van der Waals surface area contributed by atoms with Crippen molar-refractivity contribution in [1.29, 1.82) is 0 Å². The molecule has 1 rings (SSSR count). The molecule has 0 spiro atoms. The topological polar surface area (TPSA) is 21.9 Å². The molecule has 1 aliphatic heterocycles. The lowest BCUT2D eigenvalue weighted by atomic mass is 10.4. The van der Waals surface area contributed by atoms with E-state index in [0.717, 1.165) is 0 Å². The van der Waals surface area contributed by atoms with E-state index >= 15 is 0 Å². The van der Waals surface area contributed by atoms with E-state index in [4.69, 9.17) is 0 Å². The van der Waals surface area contributed by atoms with Crippen molar-refractivity contribution < 1.29 is 0 Å². The Kier molecular flexibility index (Phi) is 0.621. The van der Waals surface area contributed by atoms with Gasteiger partial charge in [0.05, 0.1) is 6.04 Å². The maximum absolute atomic E-state index is 3.14. The van der Waals surface area contributed by atoms with Crippen LogP contribution in [0.3, 0.4) is 0 Å². The van der Waals surface area contributed by atoms with Gasteiger partial charge in [-0.15, -0.1) is 0 Å². The van der Waals surface area contributed by atoms with Crippen molar-refractivity contribution in [2.45, 2.75) is 19.9 Å². The molecule has 1 nitrogen and oxygen atoms in total. The van der Waals surface area contributed by atoms with Gasteiger partial charge in [-0.3, -0.25) is 0 Å². The van der Waals surface area contributed by atoms with Gasteiger partial charge in [0, 0.05) is 5.70 Å². The van der Waals surface area contributed by atoms with Gasteiger partial charge in [0.1, 0.15) is 0 Å². The van der Waals surface area contributed by atoms with E-state index in [0.29, 0.717) is 6.04 Å². The zero-order valence-corrected chi connectivity index (χ0v) is 4.15. The normalized spacial score (nSPS) is 36.3. The van der Waals surface area contributed by atoms with Gasteiger partial charge in [0.15, 0.2) is 0 Å². The third-order valence-electron chi connectivity index (χ3n) is 1.08. The van der Waals surface area contributed by atoms with Crippen molar-refractivity contribution in [3.05, 3.63) is 11.8 Å². The fourth-order valence-electron chi connectivity index (χ4n) is 0.542. The van der Waals surface area contributed by atoms with Crippen LogP contribution in [0.25, 0.3) is 0 Å². The van der Waals surface area contributed by atoms with Crippen LogP contribution in [-0.2, 0) is 0 Å². The van der Waals surface area contributed by atoms with Crippen molar-refractivity contribution in [1.82, 2.24) is 5.32 Å². The first-order chi connectivity index (χ1) is 2.84. The highest BCUT2D eigenvalue weighted by atomic mass is 15.1. The third-order valence-corrected chi connectivity index (χ3v) is 1.08. The van der Waals surface area contributed by atoms with Gasteiger partial charge in [-0.1, -0.05) is 6.08 Å². The average molecular weight is 83.1 g/mol. The van der Waals surface area contributed by atoms with Crippen LogP contribution >= 0.6 is 0 Å². The molecule has 0 radical (unpaired) electrons. The fourth-order valence-corrected chi connectivity index (χ4v) is 0.542. The van der Waals surface area contributed by atoms with E-state index in [1.165, 1.54) is 5.70 Å². The summed E-state index contributed by atoms with van der Waals surface area (Å²) in [6.07, 6.45) is 2.10. The molecule has 0 aromatic carbocycles. The van der Waals surface area contributed by atoms with Crippen LogP contribution in [-0.4, -0.2) is 6.04 Å². The standard InChI is InChI=1S/C5H9N/c1-3-5-4(2)6-5/h3-4,6H,1-2H3/b5-3-/t4-/m1/s1. The summed E-state index contributed by atoms with van der Waals surface area (Å²) in [5.41, 5.74) is 1.38. The molecule has 0 aromatic heterocycles. The van der Waals surface area contributed by atoms with Crippen LogP contribution in [0.15, 0.2) is 11.8 Å². The lowest BCUT2D eigenvalue weighted by Crippen LogP contribution is -1.72. The predicted octanol–water partition coefficient (Wildman–Crippen LogP) is 0.882. The van der Waals surface area contributed by atoms with Crippen molar-refractivity contribution >= 4 is 0 Å². The number of rotatable bonds is 0. The first-order valence-electron chi connectivity index (χ1n) is 2.27.